The van der Waals surface area contributed by atoms with Crippen LogP contribution >= 0.6 is 0 Å². The lowest BCUT2D eigenvalue weighted by atomic mass is 10.1. The fourth-order valence-corrected chi connectivity index (χ4v) is 2.31. The number of piperazine rings is 1. The number of rotatable bonds is 3. The number of imide groups is 1. The molecule has 1 aromatic carbocycles. The number of nitrogens with one attached hydrogen (secondary N) is 1. The van der Waals surface area contributed by atoms with E-state index in [0.717, 1.165) is 11.3 Å². The van der Waals surface area contributed by atoms with Crippen LogP contribution in [0.1, 0.15) is 31.9 Å². The molecule has 1 aliphatic heterocycles. The predicted molar refractivity (Wildman–Crippen MR) is 73.6 cm³/mol. The molecule has 2 amide bonds. The average Bonchev–Trinajstić information content (AvgIpc) is 2.38. The van der Waals surface area contributed by atoms with E-state index < -0.39 is 0 Å². The van der Waals surface area contributed by atoms with Gasteiger partial charge in [-0.25, -0.2) is 0 Å². The number of hydrogen-bond acceptors (Lipinski definition) is 4. The number of benzene rings is 1. The number of carbonyl (C=O) groups is 2. The van der Waals surface area contributed by atoms with E-state index >= 15 is 0 Å². The van der Waals surface area contributed by atoms with E-state index in [0.29, 0.717) is 6.42 Å². The second-order valence-corrected chi connectivity index (χ2v) is 4.84. The third kappa shape index (κ3) is 2.76. The molecule has 2 rings (SSSR count). The largest absolute Gasteiger partial charge is 0.350 e. The highest BCUT2D eigenvalue weighted by molar-refractivity contribution is 6.04. The molecule has 1 aliphatic rings. The summed E-state index contributed by atoms with van der Waals surface area (Å²) in [6, 6.07) is 7.37. The summed E-state index contributed by atoms with van der Waals surface area (Å²) in [6.07, 6.45) is 0.661. The number of amides is 2. The minimum absolute atomic E-state index is 0.0256. The van der Waals surface area contributed by atoms with Gasteiger partial charge < -0.3 is 10.6 Å². The van der Waals surface area contributed by atoms with E-state index in [9.17, 15) is 9.59 Å². The topological polar surface area (TPSA) is 75.4 Å². The summed E-state index contributed by atoms with van der Waals surface area (Å²) in [4.78, 5) is 25.1. The average molecular weight is 261 g/mol. The SMILES string of the molecule is CCC1C(=O)NC(=O)CN1c1ccc([C@@H](C)N)cc1. The molecule has 1 aromatic rings. The zero-order valence-electron chi connectivity index (χ0n) is 11.2. The molecule has 3 N–H and O–H groups in total. The van der Waals surface area contributed by atoms with Gasteiger partial charge in [-0.3, -0.25) is 14.9 Å². The highest BCUT2D eigenvalue weighted by atomic mass is 16.2. The lowest BCUT2D eigenvalue weighted by molar-refractivity contribution is -0.132. The molecule has 19 heavy (non-hydrogen) atoms. The number of hydrogen-bond donors (Lipinski definition) is 2. The Morgan fingerprint density at radius 3 is 2.53 bits per heavy atom. The van der Waals surface area contributed by atoms with Gasteiger partial charge in [-0.1, -0.05) is 19.1 Å². The number of anilines is 1. The van der Waals surface area contributed by atoms with Crippen molar-refractivity contribution < 1.29 is 9.59 Å². The molecule has 1 saturated heterocycles. The van der Waals surface area contributed by atoms with Crippen LogP contribution in [0.4, 0.5) is 5.69 Å². The first-order valence-electron chi connectivity index (χ1n) is 6.48. The Bertz CT molecular complexity index is 482. The molecule has 5 heteroatoms. The molecule has 2 atom stereocenters. The summed E-state index contributed by atoms with van der Waals surface area (Å²) in [5.41, 5.74) is 7.71. The van der Waals surface area contributed by atoms with Gasteiger partial charge in [0.05, 0.1) is 6.54 Å². The van der Waals surface area contributed by atoms with E-state index in [2.05, 4.69) is 5.32 Å². The fraction of sp³-hybridized carbons (Fsp3) is 0.429. The first kappa shape index (κ1) is 13.5. The van der Waals surface area contributed by atoms with E-state index in [4.69, 9.17) is 5.73 Å². The van der Waals surface area contributed by atoms with Crippen molar-refractivity contribution >= 4 is 17.5 Å². The minimum atomic E-state index is -0.293. The molecular weight excluding hydrogens is 242 g/mol. The Morgan fingerprint density at radius 1 is 1.37 bits per heavy atom. The lowest BCUT2D eigenvalue weighted by Crippen LogP contribution is -2.58. The number of nitrogens with two attached hydrogens (primary N) is 1. The van der Waals surface area contributed by atoms with Crippen molar-refractivity contribution in [2.75, 3.05) is 11.4 Å². The van der Waals surface area contributed by atoms with Crippen molar-refractivity contribution in [2.24, 2.45) is 5.73 Å². The van der Waals surface area contributed by atoms with E-state index in [1.165, 1.54) is 0 Å². The quantitative estimate of drug-likeness (QED) is 0.794. The first-order valence-corrected chi connectivity index (χ1v) is 6.48. The van der Waals surface area contributed by atoms with Crippen LogP contribution < -0.4 is 16.0 Å². The molecule has 1 unspecified atom stereocenters. The lowest BCUT2D eigenvalue weighted by Gasteiger charge is -2.35. The second-order valence-electron chi connectivity index (χ2n) is 4.84. The monoisotopic (exact) mass is 261 g/mol. The Hall–Kier alpha value is -1.88. The van der Waals surface area contributed by atoms with Crippen LogP contribution in [0.2, 0.25) is 0 Å². The maximum atomic E-state index is 11.8. The van der Waals surface area contributed by atoms with Crippen LogP contribution in [0, 0.1) is 0 Å². The molecule has 1 heterocycles. The molecule has 0 radical (unpaired) electrons. The van der Waals surface area contributed by atoms with Crippen LogP contribution in [0.5, 0.6) is 0 Å². The van der Waals surface area contributed by atoms with Crippen molar-refractivity contribution in [3.8, 4) is 0 Å². The zero-order chi connectivity index (χ0) is 14.0. The van der Waals surface area contributed by atoms with Crippen molar-refractivity contribution in [1.82, 2.24) is 5.32 Å². The van der Waals surface area contributed by atoms with Gasteiger partial charge in [0.1, 0.15) is 6.04 Å². The van der Waals surface area contributed by atoms with Gasteiger partial charge in [0.25, 0.3) is 0 Å². The molecule has 5 nitrogen and oxygen atoms in total. The zero-order valence-corrected chi connectivity index (χ0v) is 11.2. The maximum absolute atomic E-state index is 11.8. The van der Waals surface area contributed by atoms with Crippen LogP contribution in [-0.4, -0.2) is 24.4 Å². The Morgan fingerprint density at radius 2 is 2.00 bits per heavy atom. The summed E-state index contributed by atoms with van der Waals surface area (Å²) in [6.45, 7) is 4.06. The third-order valence-electron chi connectivity index (χ3n) is 3.39. The van der Waals surface area contributed by atoms with E-state index in [1.807, 2.05) is 43.0 Å². The first-order chi connectivity index (χ1) is 9.02. The Balaban J connectivity index is 2.27. The van der Waals surface area contributed by atoms with Crippen LogP contribution in [-0.2, 0) is 9.59 Å². The summed E-state index contributed by atoms with van der Waals surface area (Å²) in [7, 11) is 0. The van der Waals surface area contributed by atoms with E-state index in [1.54, 1.807) is 0 Å². The normalized spacial score (nSPS) is 21.2. The molecule has 0 spiro atoms. The number of nitrogens with zero attached hydrogens (tertiary/aromatic N) is 1. The molecule has 1 fully saturated rings. The van der Waals surface area contributed by atoms with Crippen molar-refractivity contribution in [3.05, 3.63) is 29.8 Å². The standard InChI is InChI=1S/C14H19N3O2/c1-3-12-14(19)16-13(18)8-17(12)11-6-4-10(5-7-11)9(2)15/h4-7,9,12H,3,8,15H2,1-2H3,(H,16,18,19)/t9-,12?/m1/s1. The molecular formula is C14H19N3O2. The third-order valence-corrected chi connectivity index (χ3v) is 3.39. The molecule has 0 aromatic heterocycles. The summed E-state index contributed by atoms with van der Waals surface area (Å²) < 4.78 is 0. The van der Waals surface area contributed by atoms with Gasteiger partial charge in [0.15, 0.2) is 0 Å². The van der Waals surface area contributed by atoms with Gasteiger partial charge in [-0.2, -0.15) is 0 Å². The highest BCUT2D eigenvalue weighted by Gasteiger charge is 2.32. The molecule has 102 valence electrons. The van der Waals surface area contributed by atoms with E-state index in [-0.39, 0.29) is 30.4 Å². The fourth-order valence-electron chi connectivity index (χ4n) is 2.31. The van der Waals surface area contributed by atoms with Gasteiger partial charge in [-0.15, -0.1) is 0 Å². The highest BCUT2D eigenvalue weighted by Crippen LogP contribution is 2.22. The van der Waals surface area contributed by atoms with Crippen molar-refractivity contribution in [3.63, 3.8) is 0 Å². The minimum Gasteiger partial charge on any atom is -0.350 e. The second kappa shape index (κ2) is 5.40. The predicted octanol–water partition coefficient (Wildman–Crippen LogP) is 0.948. The van der Waals surface area contributed by atoms with Gasteiger partial charge >= 0.3 is 0 Å². The van der Waals surface area contributed by atoms with Gasteiger partial charge in [-0.05, 0) is 31.0 Å². The Kier molecular flexibility index (Phi) is 3.85. The van der Waals surface area contributed by atoms with Gasteiger partial charge in [0, 0.05) is 11.7 Å². The van der Waals surface area contributed by atoms with Crippen LogP contribution in [0.3, 0.4) is 0 Å². The summed E-state index contributed by atoms with van der Waals surface area (Å²) >= 11 is 0. The van der Waals surface area contributed by atoms with Crippen molar-refractivity contribution in [1.29, 1.82) is 0 Å². The molecule has 0 saturated carbocycles. The van der Waals surface area contributed by atoms with Crippen LogP contribution in [0.15, 0.2) is 24.3 Å². The summed E-state index contributed by atoms with van der Waals surface area (Å²) in [5, 5.41) is 2.37. The maximum Gasteiger partial charge on any atom is 0.249 e. The smallest absolute Gasteiger partial charge is 0.249 e. The molecule has 0 aliphatic carbocycles. The van der Waals surface area contributed by atoms with Crippen LogP contribution in [0.25, 0.3) is 0 Å². The van der Waals surface area contributed by atoms with Crippen molar-refractivity contribution in [2.45, 2.75) is 32.4 Å². The number of carbonyl (C=O) groups excluding carboxylic acids is 2. The Labute approximate surface area is 112 Å². The van der Waals surface area contributed by atoms with Gasteiger partial charge in [0.2, 0.25) is 11.8 Å². The summed E-state index contributed by atoms with van der Waals surface area (Å²) in [5.74, 6) is -0.485. The molecule has 0 bridgehead atoms.